The Bertz CT molecular complexity index is 506. The van der Waals surface area contributed by atoms with Crippen molar-refractivity contribution in [1.29, 1.82) is 0 Å². The zero-order chi connectivity index (χ0) is 16.2. The van der Waals surface area contributed by atoms with Gasteiger partial charge in [-0.25, -0.2) is 0 Å². The second-order valence-corrected chi connectivity index (χ2v) is 5.30. The third-order valence-electron chi connectivity index (χ3n) is 3.38. The molecule has 22 heavy (non-hydrogen) atoms. The maximum Gasteiger partial charge on any atom is 0.187 e. The van der Waals surface area contributed by atoms with Crippen LogP contribution in [-0.4, -0.2) is 62.8 Å². The van der Waals surface area contributed by atoms with Crippen molar-refractivity contribution in [3.63, 3.8) is 0 Å². The number of nitrogens with one attached hydrogen (secondary N) is 3. The van der Waals surface area contributed by atoms with Crippen molar-refractivity contribution < 1.29 is 25.2 Å². The molecular weight excluding hydrogens is 310 g/mol. The quantitative estimate of drug-likeness (QED) is 0.249. The van der Waals surface area contributed by atoms with Gasteiger partial charge >= 0.3 is 0 Å². The van der Waals surface area contributed by atoms with E-state index in [1.807, 2.05) is 30.3 Å². The first-order valence-corrected chi connectivity index (χ1v) is 7.08. The summed E-state index contributed by atoms with van der Waals surface area (Å²) in [7, 11) is 0. The molecule has 1 fully saturated rings. The van der Waals surface area contributed by atoms with Gasteiger partial charge in [-0.15, -0.1) is 0 Å². The van der Waals surface area contributed by atoms with Crippen LogP contribution in [0.3, 0.4) is 0 Å². The number of para-hydroxylation sites is 1. The Morgan fingerprint density at radius 3 is 2.45 bits per heavy atom. The minimum atomic E-state index is -1.67. The number of hydrogen-bond donors (Lipinski definition) is 7. The first-order valence-electron chi connectivity index (χ1n) is 6.67. The van der Waals surface area contributed by atoms with Crippen molar-refractivity contribution in [2.24, 2.45) is 0 Å². The lowest BCUT2D eigenvalue weighted by molar-refractivity contribution is -0.142. The number of benzene rings is 1. The van der Waals surface area contributed by atoms with E-state index in [0.29, 0.717) is 0 Å². The third kappa shape index (κ3) is 3.52. The molecule has 1 saturated heterocycles. The van der Waals surface area contributed by atoms with Gasteiger partial charge in [0.05, 0.1) is 13.2 Å². The Morgan fingerprint density at radius 2 is 1.91 bits per heavy atom. The van der Waals surface area contributed by atoms with Crippen LogP contribution in [-0.2, 0) is 4.74 Å². The summed E-state index contributed by atoms with van der Waals surface area (Å²) in [5.41, 5.74) is 4.23. The zero-order valence-electron chi connectivity index (χ0n) is 11.6. The highest BCUT2D eigenvalue weighted by Gasteiger charge is 2.54. The largest absolute Gasteiger partial charge is 0.394 e. The molecule has 2 rings (SSSR count). The lowest BCUT2D eigenvalue weighted by atomic mass is 10.0. The third-order valence-corrected chi connectivity index (χ3v) is 3.58. The summed E-state index contributed by atoms with van der Waals surface area (Å²) in [6.07, 6.45) is -3.78. The first kappa shape index (κ1) is 17.0. The number of hydrazine groups is 1. The Labute approximate surface area is 132 Å². The highest BCUT2D eigenvalue weighted by Crippen LogP contribution is 2.28. The van der Waals surface area contributed by atoms with Crippen molar-refractivity contribution in [3.8, 4) is 0 Å². The molecule has 0 aliphatic carbocycles. The van der Waals surface area contributed by atoms with Crippen LogP contribution in [0.5, 0.6) is 0 Å². The second kappa shape index (κ2) is 7.29. The second-order valence-electron chi connectivity index (χ2n) is 4.89. The molecule has 1 aliphatic heterocycles. The fraction of sp³-hybridized carbons (Fsp3) is 0.462. The Hall–Kier alpha value is -1.33. The maximum atomic E-state index is 10.00. The first-order chi connectivity index (χ1) is 10.5. The Morgan fingerprint density at radius 1 is 1.23 bits per heavy atom. The van der Waals surface area contributed by atoms with Gasteiger partial charge in [0, 0.05) is 5.69 Å². The molecule has 8 nitrogen and oxygen atoms in total. The Kier molecular flexibility index (Phi) is 5.64. The molecular formula is C13H19N3O5S. The maximum absolute atomic E-state index is 10.00. The van der Waals surface area contributed by atoms with E-state index in [-0.39, 0.29) is 5.11 Å². The van der Waals surface area contributed by atoms with Crippen molar-refractivity contribution in [1.82, 2.24) is 10.9 Å². The fourth-order valence-electron chi connectivity index (χ4n) is 2.15. The van der Waals surface area contributed by atoms with Gasteiger partial charge in [-0.2, -0.15) is 5.43 Å². The molecule has 122 valence electrons. The molecule has 1 aromatic carbocycles. The van der Waals surface area contributed by atoms with Crippen LogP contribution in [0.1, 0.15) is 0 Å². The predicted molar refractivity (Wildman–Crippen MR) is 82.7 cm³/mol. The molecule has 0 spiro atoms. The number of aliphatic hydroxyl groups is 4. The van der Waals surface area contributed by atoms with Gasteiger partial charge < -0.3 is 30.5 Å². The molecule has 0 radical (unpaired) electrons. The highest BCUT2D eigenvalue weighted by molar-refractivity contribution is 7.80. The van der Waals surface area contributed by atoms with Crippen molar-refractivity contribution in [3.05, 3.63) is 30.3 Å². The number of ether oxygens (including phenoxy) is 1. The highest BCUT2D eigenvalue weighted by atomic mass is 32.1. The van der Waals surface area contributed by atoms with Crippen molar-refractivity contribution in [2.45, 2.75) is 24.0 Å². The summed E-state index contributed by atoms with van der Waals surface area (Å²) in [5.74, 6) is 0. The summed E-state index contributed by atoms with van der Waals surface area (Å²) in [4.78, 5) is 0. The van der Waals surface area contributed by atoms with Crippen LogP contribution in [0.15, 0.2) is 30.3 Å². The van der Waals surface area contributed by atoms with E-state index in [2.05, 4.69) is 16.2 Å². The van der Waals surface area contributed by atoms with Crippen LogP contribution < -0.4 is 16.2 Å². The van der Waals surface area contributed by atoms with Crippen LogP contribution >= 0.6 is 12.2 Å². The number of aliphatic hydroxyl groups excluding tert-OH is 4. The van der Waals surface area contributed by atoms with Crippen molar-refractivity contribution in [2.75, 3.05) is 18.5 Å². The molecule has 9 heteroatoms. The summed E-state index contributed by atoms with van der Waals surface area (Å²) in [5, 5.41) is 41.4. The van der Waals surface area contributed by atoms with Gasteiger partial charge in [0.25, 0.3) is 0 Å². The molecule has 0 saturated carbocycles. The minimum absolute atomic E-state index is 0.178. The van der Waals surface area contributed by atoms with Gasteiger partial charge in [0.15, 0.2) is 10.8 Å². The molecule has 1 aromatic rings. The van der Waals surface area contributed by atoms with Crippen LogP contribution in [0.25, 0.3) is 0 Å². The number of anilines is 1. The number of thiocarbonyl (C=S) groups is 1. The van der Waals surface area contributed by atoms with Gasteiger partial charge in [-0.05, 0) is 24.4 Å². The van der Waals surface area contributed by atoms with E-state index >= 15 is 0 Å². The zero-order valence-corrected chi connectivity index (χ0v) is 12.5. The van der Waals surface area contributed by atoms with Crippen LogP contribution in [0.4, 0.5) is 5.69 Å². The summed E-state index contributed by atoms with van der Waals surface area (Å²) in [6, 6.07) is 9.14. The minimum Gasteiger partial charge on any atom is -0.394 e. The molecule has 1 heterocycles. The van der Waals surface area contributed by atoms with Crippen molar-refractivity contribution >= 4 is 23.0 Å². The Balaban J connectivity index is 1.95. The molecule has 7 N–H and O–H groups in total. The van der Waals surface area contributed by atoms with E-state index in [0.717, 1.165) is 5.69 Å². The van der Waals surface area contributed by atoms with Crippen LogP contribution in [0, 0.1) is 0 Å². The normalized spacial score (nSPS) is 31.0. The summed E-state index contributed by atoms with van der Waals surface area (Å²) < 4.78 is 5.31. The lowest BCUT2D eigenvalue weighted by Crippen LogP contribution is -2.63. The molecule has 0 bridgehead atoms. The standard InChI is InChI=1S/C13H19N3O5S/c17-6-9-10(19)11(20)13(7-18,21-9)16-15-12(22)14-8-4-2-1-3-5-8/h1-5,9-11,16-20H,6-7H2,(H2,14,15,22)/t9-,10+,11-,13+/m0/s1. The van der Waals surface area contributed by atoms with E-state index in [1.54, 1.807) is 0 Å². The van der Waals surface area contributed by atoms with Gasteiger partial charge in [-0.3, -0.25) is 5.43 Å². The molecule has 0 aromatic heterocycles. The number of rotatable bonds is 5. The topological polar surface area (TPSA) is 126 Å². The van der Waals surface area contributed by atoms with E-state index in [4.69, 9.17) is 22.1 Å². The molecule has 1 aliphatic rings. The van der Waals surface area contributed by atoms with Gasteiger partial charge in [0.1, 0.15) is 18.3 Å². The molecule has 4 atom stereocenters. The summed E-state index contributed by atoms with van der Waals surface area (Å²) >= 11 is 5.08. The van der Waals surface area contributed by atoms with Crippen LogP contribution in [0.2, 0.25) is 0 Å². The average molecular weight is 329 g/mol. The van der Waals surface area contributed by atoms with Gasteiger partial charge in [-0.1, -0.05) is 18.2 Å². The average Bonchev–Trinajstić information content (AvgIpc) is 2.79. The molecule has 0 unspecified atom stereocenters. The predicted octanol–water partition coefficient (Wildman–Crippen LogP) is -1.72. The monoisotopic (exact) mass is 329 g/mol. The lowest BCUT2D eigenvalue weighted by Gasteiger charge is -2.31. The number of hydrogen-bond acceptors (Lipinski definition) is 7. The summed E-state index contributed by atoms with van der Waals surface area (Å²) in [6.45, 7) is -1.13. The smallest absolute Gasteiger partial charge is 0.187 e. The van der Waals surface area contributed by atoms with E-state index in [9.17, 15) is 15.3 Å². The molecule has 0 amide bonds. The fourth-order valence-corrected chi connectivity index (χ4v) is 2.32. The van der Waals surface area contributed by atoms with E-state index < -0.39 is 37.3 Å². The van der Waals surface area contributed by atoms with Gasteiger partial charge in [0.2, 0.25) is 0 Å². The van der Waals surface area contributed by atoms with E-state index in [1.165, 1.54) is 0 Å². The SMILES string of the molecule is OC[C@@H]1O[C@@](CO)(NNC(=S)Nc2ccccc2)[C@@H](O)[C@@H]1O.